The number of carbonyl (C=O) groups is 2. The number of carboxylic acid groups (broad SMARTS) is 1. The van der Waals surface area contributed by atoms with E-state index in [9.17, 15) is 14.0 Å². The van der Waals surface area contributed by atoms with Crippen molar-refractivity contribution < 1.29 is 23.8 Å². The number of hydrogen-bond acceptors (Lipinski definition) is 3. The van der Waals surface area contributed by atoms with Crippen molar-refractivity contribution in [3.63, 3.8) is 0 Å². The Labute approximate surface area is 176 Å². The molecule has 2 aromatic carbocycles. The molecule has 26 heavy (non-hydrogen) atoms. The van der Waals surface area contributed by atoms with E-state index in [1.807, 2.05) is 0 Å². The first-order chi connectivity index (χ1) is 12.3. The fraction of sp³-hybridized carbons (Fsp3) is 0.111. The Balaban J connectivity index is 2.22. The van der Waals surface area contributed by atoms with E-state index in [1.54, 1.807) is 24.3 Å². The average Bonchev–Trinajstić information content (AvgIpc) is 2.54. The smallest absolute Gasteiger partial charge is 0.352 e. The predicted molar refractivity (Wildman–Crippen MR) is 112 cm³/mol. The summed E-state index contributed by atoms with van der Waals surface area (Å²) < 4.78 is 20.3. The van der Waals surface area contributed by atoms with Crippen LogP contribution < -0.4 is 10.1 Å². The Morgan fingerprint density at radius 2 is 1.77 bits per heavy atom. The molecule has 0 aliphatic carbocycles. The minimum absolute atomic E-state index is 0.205. The number of carbonyl (C=O) groups excluding carboxylic acids is 1. The Bertz CT molecular complexity index is 843. The van der Waals surface area contributed by atoms with Crippen LogP contribution >= 0.6 is 45.2 Å². The molecule has 0 spiro atoms. The zero-order valence-corrected chi connectivity index (χ0v) is 17.9. The molecule has 8 heteroatoms. The third kappa shape index (κ3) is 5.94. The number of benzene rings is 2. The molecule has 136 valence electrons. The molecule has 0 heterocycles. The van der Waals surface area contributed by atoms with Gasteiger partial charge in [0.2, 0.25) is 5.91 Å². The van der Waals surface area contributed by atoms with Gasteiger partial charge in [0.05, 0.1) is 7.14 Å². The maximum absolute atomic E-state index is 12.9. The second-order valence-corrected chi connectivity index (χ2v) is 7.60. The van der Waals surface area contributed by atoms with E-state index >= 15 is 0 Å². The standard InChI is InChI=1S/C18H14FI2NO4/c1-10(23)22-16(18(24)25)8-12-6-14(20)17(15(21)7-12)26-9-11-2-4-13(19)5-3-11/h2-8H,9H2,1H3,(H,22,23)(H,24,25)/b16-8+. The van der Waals surface area contributed by atoms with E-state index in [0.29, 0.717) is 11.3 Å². The summed E-state index contributed by atoms with van der Waals surface area (Å²) in [7, 11) is 0. The molecule has 0 atom stereocenters. The fourth-order valence-electron chi connectivity index (χ4n) is 2.04. The molecule has 0 bridgehead atoms. The van der Waals surface area contributed by atoms with Gasteiger partial charge in [0.25, 0.3) is 0 Å². The number of rotatable bonds is 6. The SMILES string of the molecule is CC(=O)N/C(=C/c1cc(I)c(OCc2ccc(F)cc2)c(I)c1)C(=O)O. The van der Waals surface area contributed by atoms with Crippen LogP contribution in [-0.2, 0) is 16.2 Å². The zero-order valence-electron chi connectivity index (χ0n) is 13.6. The average molecular weight is 581 g/mol. The van der Waals surface area contributed by atoms with Gasteiger partial charge in [-0.15, -0.1) is 0 Å². The largest absolute Gasteiger partial charge is 0.487 e. The summed E-state index contributed by atoms with van der Waals surface area (Å²) in [5, 5.41) is 11.5. The van der Waals surface area contributed by atoms with Crippen LogP contribution in [0.1, 0.15) is 18.1 Å². The van der Waals surface area contributed by atoms with Gasteiger partial charge in [-0.1, -0.05) is 12.1 Å². The number of nitrogens with one attached hydrogen (secondary N) is 1. The highest BCUT2D eigenvalue weighted by Gasteiger charge is 2.12. The lowest BCUT2D eigenvalue weighted by Gasteiger charge is -2.12. The topological polar surface area (TPSA) is 75.6 Å². The van der Waals surface area contributed by atoms with E-state index in [1.165, 1.54) is 25.1 Å². The van der Waals surface area contributed by atoms with Gasteiger partial charge < -0.3 is 15.2 Å². The number of amides is 1. The van der Waals surface area contributed by atoms with Gasteiger partial charge in [0.15, 0.2) is 0 Å². The summed E-state index contributed by atoms with van der Waals surface area (Å²) in [6.45, 7) is 1.53. The highest BCUT2D eigenvalue weighted by Crippen LogP contribution is 2.30. The lowest BCUT2D eigenvalue weighted by molar-refractivity contribution is -0.134. The third-order valence-electron chi connectivity index (χ3n) is 3.17. The van der Waals surface area contributed by atoms with Crippen LogP contribution in [0.4, 0.5) is 4.39 Å². The van der Waals surface area contributed by atoms with Gasteiger partial charge in [-0.2, -0.15) is 0 Å². The first kappa shape index (κ1) is 20.6. The molecule has 5 nitrogen and oxygen atoms in total. The van der Waals surface area contributed by atoms with Crippen molar-refractivity contribution in [3.05, 3.63) is 66.2 Å². The summed E-state index contributed by atoms with van der Waals surface area (Å²) in [6, 6.07) is 9.56. The van der Waals surface area contributed by atoms with Crippen LogP contribution in [0, 0.1) is 13.0 Å². The second-order valence-electron chi connectivity index (χ2n) is 5.27. The monoisotopic (exact) mass is 581 g/mol. The van der Waals surface area contributed by atoms with Crippen molar-refractivity contribution in [2.75, 3.05) is 0 Å². The van der Waals surface area contributed by atoms with E-state index in [4.69, 9.17) is 9.84 Å². The molecule has 0 saturated heterocycles. The van der Waals surface area contributed by atoms with Crippen molar-refractivity contribution in [1.29, 1.82) is 0 Å². The van der Waals surface area contributed by atoms with Crippen LogP contribution in [-0.4, -0.2) is 17.0 Å². The number of carboxylic acids is 1. The summed E-state index contributed by atoms with van der Waals surface area (Å²) >= 11 is 4.19. The Hall–Kier alpha value is -1.69. The number of halogens is 3. The molecule has 0 aromatic heterocycles. The second kappa shape index (κ2) is 9.31. The molecule has 2 rings (SSSR count). The lowest BCUT2D eigenvalue weighted by atomic mass is 10.2. The first-order valence-electron chi connectivity index (χ1n) is 7.35. The van der Waals surface area contributed by atoms with E-state index < -0.39 is 11.9 Å². The van der Waals surface area contributed by atoms with Gasteiger partial charge in [-0.25, -0.2) is 9.18 Å². The van der Waals surface area contributed by atoms with Crippen LogP contribution in [0.5, 0.6) is 5.75 Å². The Kier molecular flexibility index (Phi) is 7.38. The molecule has 0 aliphatic rings. The van der Waals surface area contributed by atoms with Crippen LogP contribution in [0.25, 0.3) is 6.08 Å². The minimum Gasteiger partial charge on any atom is -0.487 e. The quantitative estimate of drug-likeness (QED) is 0.397. The molecule has 0 radical (unpaired) electrons. The number of aliphatic carboxylic acids is 1. The van der Waals surface area contributed by atoms with Crippen LogP contribution in [0.2, 0.25) is 0 Å². The molecule has 0 unspecified atom stereocenters. The van der Waals surface area contributed by atoms with Crippen molar-refractivity contribution in [3.8, 4) is 5.75 Å². The predicted octanol–water partition coefficient (Wildman–Crippen LogP) is 4.18. The van der Waals surface area contributed by atoms with E-state index in [2.05, 4.69) is 50.5 Å². The summed E-state index contributed by atoms with van der Waals surface area (Å²) in [6.07, 6.45) is 1.39. The highest BCUT2D eigenvalue weighted by atomic mass is 127. The molecule has 0 saturated carbocycles. The third-order valence-corrected chi connectivity index (χ3v) is 4.77. The maximum Gasteiger partial charge on any atom is 0.352 e. The van der Waals surface area contributed by atoms with Crippen LogP contribution in [0.3, 0.4) is 0 Å². The van der Waals surface area contributed by atoms with Gasteiger partial charge in [-0.05, 0) is 86.7 Å². The van der Waals surface area contributed by atoms with Gasteiger partial charge in [0.1, 0.15) is 23.9 Å². The van der Waals surface area contributed by atoms with E-state index in [0.717, 1.165) is 12.7 Å². The van der Waals surface area contributed by atoms with Gasteiger partial charge >= 0.3 is 5.97 Å². The zero-order chi connectivity index (χ0) is 19.3. The Morgan fingerprint density at radius 1 is 1.19 bits per heavy atom. The molecule has 0 fully saturated rings. The summed E-state index contributed by atoms with van der Waals surface area (Å²) in [5.41, 5.74) is 1.25. The van der Waals surface area contributed by atoms with Crippen molar-refractivity contribution in [1.82, 2.24) is 5.32 Å². The molecule has 2 N–H and O–H groups in total. The molecule has 1 amide bonds. The Morgan fingerprint density at radius 3 is 2.27 bits per heavy atom. The highest BCUT2D eigenvalue weighted by molar-refractivity contribution is 14.1. The first-order valence-corrected chi connectivity index (χ1v) is 9.51. The molecular formula is C18H14FI2NO4. The number of hydrogen-bond donors (Lipinski definition) is 2. The van der Waals surface area contributed by atoms with Gasteiger partial charge in [0, 0.05) is 6.92 Å². The summed E-state index contributed by atoms with van der Waals surface area (Å²) in [4.78, 5) is 22.3. The van der Waals surface area contributed by atoms with E-state index in [-0.39, 0.29) is 18.1 Å². The molecule has 2 aromatic rings. The number of ether oxygens (including phenoxy) is 1. The van der Waals surface area contributed by atoms with Gasteiger partial charge in [-0.3, -0.25) is 4.79 Å². The fourth-order valence-corrected chi connectivity index (χ4v) is 4.17. The summed E-state index contributed by atoms with van der Waals surface area (Å²) in [5.74, 6) is -1.32. The maximum atomic E-state index is 12.9. The normalized spacial score (nSPS) is 11.2. The van der Waals surface area contributed by atoms with Crippen molar-refractivity contribution in [2.45, 2.75) is 13.5 Å². The lowest BCUT2D eigenvalue weighted by Crippen LogP contribution is -2.24. The molecule has 0 aliphatic heterocycles. The minimum atomic E-state index is -1.22. The van der Waals surface area contributed by atoms with Crippen LogP contribution in [0.15, 0.2) is 42.1 Å². The van der Waals surface area contributed by atoms with Crippen molar-refractivity contribution in [2.24, 2.45) is 0 Å². The van der Waals surface area contributed by atoms with Crippen molar-refractivity contribution >= 4 is 63.1 Å². The molecular weight excluding hydrogens is 567 g/mol.